The molecule has 6 rings (SSSR count). The van der Waals surface area contributed by atoms with Crippen LogP contribution in [-0.4, -0.2) is 0 Å². The summed E-state index contributed by atoms with van der Waals surface area (Å²) in [4.78, 5) is 0. The predicted molar refractivity (Wildman–Crippen MR) is 122 cm³/mol. The van der Waals surface area contributed by atoms with Crippen LogP contribution in [0.4, 0.5) is 11.4 Å². The van der Waals surface area contributed by atoms with Crippen LogP contribution in [0.25, 0.3) is 11.1 Å². The molecule has 3 aliphatic carbocycles. The van der Waals surface area contributed by atoms with Gasteiger partial charge in [-0.05, 0) is 70.8 Å². The van der Waals surface area contributed by atoms with Crippen LogP contribution in [0.15, 0.2) is 72.3 Å². The van der Waals surface area contributed by atoms with Gasteiger partial charge in [0.05, 0.1) is 0 Å². The summed E-state index contributed by atoms with van der Waals surface area (Å²) < 4.78 is 0. The molecule has 0 saturated carbocycles. The van der Waals surface area contributed by atoms with E-state index in [-0.39, 0.29) is 5.41 Å². The van der Waals surface area contributed by atoms with Gasteiger partial charge in [-0.15, -0.1) is 0 Å². The molecular formula is C28H27N. The fourth-order valence-electron chi connectivity index (χ4n) is 5.96. The highest BCUT2D eigenvalue weighted by molar-refractivity contribution is 5.83. The maximum absolute atomic E-state index is 3.77. The minimum Gasteiger partial charge on any atom is -0.355 e. The van der Waals surface area contributed by atoms with E-state index in [1.165, 1.54) is 58.5 Å². The number of nitrogens with one attached hydrogen (secondary N) is 1. The maximum Gasteiger partial charge on any atom is 0.0426 e. The van der Waals surface area contributed by atoms with Gasteiger partial charge in [-0.3, -0.25) is 0 Å². The van der Waals surface area contributed by atoms with Crippen molar-refractivity contribution in [2.24, 2.45) is 0 Å². The zero-order valence-electron chi connectivity index (χ0n) is 17.3. The van der Waals surface area contributed by atoms with Gasteiger partial charge < -0.3 is 5.32 Å². The van der Waals surface area contributed by atoms with E-state index >= 15 is 0 Å². The van der Waals surface area contributed by atoms with Gasteiger partial charge in [-0.1, -0.05) is 68.0 Å². The second-order valence-corrected chi connectivity index (χ2v) is 9.36. The van der Waals surface area contributed by atoms with Crippen molar-refractivity contribution in [2.75, 3.05) is 5.32 Å². The maximum atomic E-state index is 3.77. The third-order valence-electron chi connectivity index (χ3n) is 7.39. The van der Waals surface area contributed by atoms with E-state index in [0.29, 0.717) is 5.92 Å². The van der Waals surface area contributed by atoms with Crippen LogP contribution in [0.3, 0.4) is 0 Å². The van der Waals surface area contributed by atoms with Crippen molar-refractivity contribution in [3.05, 3.63) is 94.6 Å². The fraction of sp³-hybridized carbons (Fsp3) is 0.286. The Hall–Kier alpha value is -2.80. The highest BCUT2D eigenvalue weighted by Gasteiger charge is 2.42. The molecule has 1 unspecified atom stereocenters. The first-order chi connectivity index (χ1) is 14.1. The lowest BCUT2D eigenvalue weighted by atomic mass is 9.77. The van der Waals surface area contributed by atoms with Crippen LogP contribution in [0.2, 0.25) is 0 Å². The second kappa shape index (κ2) is 6.10. The molecule has 3 aromatic carbocycles. The van der Waals surface area contributed by atoms with Gasteiger partial charge in [-0.2, -0.15) is 0 Å². The summed E-state index contributed by atoms with van der Waals surface area (Å²) in [5.74, 6) is 0.637. The van der Waals surface area contributed by atoms with Gasteiger partial charge in [0.1, 0.15) is 0 Å². The molecule has 0 radical (unpaired) electrons. The quantitative estimate of drug-likeness (QED) is 0.357. The number of hydrogen-bond acceptors (Lipinski definition) is 1. The lowest BCUT2D eigenvalue weighted by Crippen LogP contribution is -2.18. The van der Waals surface area contributed by atoms with Crippen molar-refractivity contribution in [3.63, 3.8) is 0 Å². The average molecular weight is 378 g/mol. The van der Waals surface area contributed by atoms with Crippen LogP contribution >= 0.6 is 0 Å². The van der Waals surface area contributed by atoms with E-state index in [1.54, 1.807) is 11.1 Å². The Bertz CT molecular complexity index is 1160. The molecule has 1 atom stereocenters. The van der Waals surface area contributed by atoms with Crippen molar-refractivity contribution < 1.29 is 0 Å². The van der Waals surface area contributed by atoms with E-state index in [2.05, 4.69) is 85.9 Å². The molecule has 0 bridgehead atoms. The van der Waals surface area contributed by atoms with Gasteiger partial charge in [0.2, 0.25) is 0 Å². The SMILES string of the molecule is CC1(C)C2=CCCCC2c2ccc(Nc3cccc4c3Cc3ccccc3-4)cc21. The van der Waals surface area contributed by atoms with Gasteiger partial charge in [0, 0.05) is 29.1 Å². The van der Waals surface area contributed by atoms with Gasteiger partial charge >= 0.3 is 0 Å². The first kappa shape index (κ1) is 17.1. The van der Waals surface area contributed by atoms with Crippen molar-refractivity contribution >= 4 is 11.4 Å². The summed E-state index contributed by atoms with van der Waals surface area (Å²) in [6.45, 7) is 4.81. The predicted octanol–water partition coefficient (Wildman–Crippen LogP) is 7.49. The zero-order chi connectivity index (χ0) is 19.6. The standard InChI is InChI=1S/C28H27N/c1-28(2)25-12-6-5-10-22(25)23-15-14-19(17-26(23)28)29-27-13-7-11-21-20-9-4-3-8-18(20)16-24(21)27/h3-4,7-9,11-15,17,22,29H,5-6,10,16H2,1-2H3. The minimum absolute atomic E-state index is 0.146. The number of anilines is 2. The number of fused-ring (bicyclic) bond motifs is 6. The number of hydrogen-bond donors (Lipinski definition) is 1. The van der Waals surface area contributed by atoms with E-state index in [0.717, 1.165) is 6.42 Å². The first-order valence-electron chi connectivity index (χ1n) is 10.9. The third-order valence-corrected chi connectivity index (χ3v) is 7.39. The Kier molecular flexibility index (Phi) is 3.59. The Balaban J connectivity index is 1.39. The molecule has 1 heteroatoms. The summed E-state index contributed by atoms with van der Waals surface area (Å²) in [6.07, 6.45) is 7.40. The van der Waals surface area contributed by atoms with E-state index < -0.39 is 0 Å². The number of rotatable bonds is 2. The van der Waals surface area contributed by atoms with Crippen molar-refractivity contribution in [1.82, 2.24) is 0 Å². The molecule has 0 saturated heterocycles. The van der Waals surface area contributed by atoms with Crippen LogP contribution < -0.4 is 5.32 Å². The number of allylic oxidation sites excluding steroid dienone is 2. The summed E-state index contributed by atoms with van der Waals surface area (Å²) >= 11 is 0. The largest absolute Gasteiger partial charge is 0.355 e. The topological polar surface area (TPSA) is 12.0 Å². The molecule has 0 aromatic heterocycles. The highest BCUT2D eigenvalue weighted by Crippen LogP contribution is 2.54. The van der Waals surface area contributed by atoms with Crippen molar-refractivity contribution in [1.29, 1.82) is 0 Å². The average Bonchev–Trinajstić information content (AvgIpc) is 3.23. The number of benzene rings is 3. The molecule has 144 valence electrons. The normalized spacial score (nSPS) is 20.3. The summed E-state index contributed by atoms with van der Waals surface area (Å²) in [5, 5.41) is 3.77. The smallest absolute Gasteiger partial charge is 0.0426 e. The van der Waals surface area contributed by atoms with Gasteiger partial charge in [-0.25, -0.2) is 0 Å². The van der Waals surface area contributed by atoms with Crippen LogP contribution in [-0.2, 0) is 11.8 Å². The Labute approximate surface area is 173 Å². The molecule has 1 N–H and O–H groups in total. The van der Waals surface area contributed by atoms with Crippen LogP contribution in [0.1, 0.15) is 61.3 Å². The second-order valence-electron chi connectivity index (χ2n) is 9.36. The van der Waals surface area contributed by atoms with Gasteiger partial charge in [0.25, 0.3) is 0 Å². The van der Waals surface area contributed by atoms with Crippen LogP contribution in [0, 0.1) is 0 Å². The van der Waals surface area contributed by atoms with E-state index in [4.69, 9.17) is 0 Å². The highest BCUT2D eigenvalue weighted by atomic mass is 14.9. The Morgan fingerprint density at radius 2 is 1.79 bits per heavy atom. The molecule has 0 aliphatic heterocycles. The minimum atomic E-state index is 0.146. The summed E-state index contributed by atoms with van der Waals surface area (Å²) in [5.41, 5.74) is 12.9. The molecule has 1 nitrogen and oxygen atoms in total. The van der Waals surface area contributed by atoms with Gasteiger partial charge in [0.15, 0.2) is 0 Å². The molecular weight excluding hydrogens is 350 g/mol. The molecule has 0 amide bonds. The fourth-order valence-corrected chi connectivity index (χ4v) is 5.96. The Morgan fingerprint density at radius 1 is 0.931 bits per heavy atom. The van der Waals surface area contributed by atoms with Crippen molar-refractivity contribution in [3.8, 4) is 11.1 Å². The molecule has 29 heavy (non-hydrogen) atoms. The zero-order valence-corrected chi connectivity index (χ0v) is 17.3. The van der Waals surface area contributed by atoms with E-state index in [1.807, 2.05) is 0 Å². The Morgan fingerprint density at radius 3 is 2.72 bits per heavy atom. The molecule has 0 fully saturated rings. The third kappa shape index (κ3) is 2.46. The summed E-state index contributed by atoms with van der Waals surface area (Å²) in [6, 6.07) is 22.5. The molecule has 0 spiro atoms. The summed E-state index contributed by atoms with van der Waals surface area (Å²) in [7, 11) is 0. The van der Waals surface area contributed by atoms with Crippen molar-refractivity contribution in [2.45, 2.75) is 50.9 Å². The monoisotopic (exact) mass is 377 g/mol. The lowest BCUT2D eigenvalue weighted by molar-refractivity contribution is 0.555. The molecule has 3 aromatic rings. The first-order valence-corrected chi connectivity index (χ1v) is 10.9. The lowest BCUT2D eigenvalue weighted by Gasteiger charge is -2.27. The van der Waals surface area contributed by atoms with Crippen LogP contribution in [0.5, 0.6) is 0 Å². The van der Waals surface area contributed by atoms with E-state index in [9.17, 15) is 0 Å². The molecule has 3 aliphatic rings. The molecule has 0 heterocycles.